The van der Waals surface area contributed by atoms with Crippen LogP contribution in [0.25, 0.3) is 0 Å². The fourth-order valence-corrected chi connectivity index (χ4v) is 3.19. The average molecular weight is 452 g/mol. The zero-order chi connectivity index (χ0) is 23.6. The van der Waals surface area contributed by atoms with Gasteiger partial charge in [-0.25, -0.2) is 9.59 Å². The van der Waals surface area contributed by atoms with Gasteiger partial charge < -0.3 is 18.9 Å². The van der Waals surface area contributed by atoms with Gasteiger partial charge in [0.1, 0.15) is 35.8 Å². The molecule has 3 aromatic rings. The van der Waals surface area contributed by atoms with Crippen LogP contribution in [0.15, 0.2) is 72.8 Å². The number of esters is 2. The number of para-hydroxylation sites is 2. The predicted molar refractivity (Wildman–Crippen MR) is 124 cm³/mol. The molecule has 0 unspecified atom stereocenters. The number of cyclic esters (lactones) is 2. The Balaban J connectivity index is 1.63. The number of fused-ring (bicyclic) bond motifs is 3. The van der Waals surface area contributed by atoms with E-state index in [9.17, 15) is 9.59 Å². The number of benzene rings is 3. The molecule has 34 heavy (non-hydrogen) atoms. The van der Waals surface area contributed by atoms with E-state index in [4.69, 9.17) is 18.9 Å². The minimum Gasteiger partial charge on any atom is -0.488 e. The van der Waals surface area contributed by atoms with Crippen LogP contribution in [0.2, 0.25) is 0 Å². The topological polar surface area (TPSA) is 71.1 Å². The Morgan fingerprint density at radius 1 is 0.529 bits per heavy atom. The predicted octanol–water partition coefficient (Wildman–Crippen LogP) is 4.18. The minimum absolute atomic E-state index is 0.130. The molecule has 0 aliphatic carbocycles. The number of ether oxygens (including phenoxy) is 4. The van der Waals surface area contributed by atoms with Gasteiger partial charge in [0, 0.05) is 0 Å². The van der Waals surface area contributed by atoms with Gasteiger partial charge in [-0.1, -0.05) is 48.5 Å². The Labute approximate surface area is 197 Å². The van der Waals surface area contributed by atoms with Gasteiger partial charge in [-0.3, -0.25) is 0 Å². The molecule has 0 saturated heterocycles. The zero-order valence-electron chi connectivity index (χ0n) is 18.2. The first-order chi connectivity index (χ1) is 16.7. The van der Waals surface area contributed by atoms with Gasteiger partial charge in [0.25, 0.3) is 0 Å². The summed E-state index contributed by atoms with van der Waals surface area (Å²) in [5, 5.41) is 0. The molecule has 1 heterocycles. The number of carbonyl (C=O) groups excluding carboxylic acids is 2. The molecule has 0 atom stereocenters. The standard InChI is InChI=1S/C28H20O6/c29-27-23-13-5-7-15-25(23)33-19-21-11-3-4-12-22(21)20-34-26-16-8-6-14-24(26)28(30)32-18-10-2-1-9-17-31-27/h3-8,11-16H,17-20H2. The van der Waals surface area contributed by atoms with Gasteiger partial charge in [0.2, 0.25) is 0 Å². The van der Waals surface area contributed by atoms with Crippen LogP contribution in [-0.4, -0.2) is 25.2 Å². The molecular weight excluding hydrogens is 432 g/mol. The summed E-state index contributed by atoms with van der Waals surface area (Å²) in [6.45, 7) is 0.163. The van der Waals surface area contributed by atoms with Crippen LogP contribution in [0.3, 0.4) is 0 Å². The number of hydrogen-bond donors (Lipinski definition) is 0. The molecule has 0 spiro atoms. The summed E-state index contributed by atoms with van der Waals surface area (Å²) in [5.74, 6) is 10.1. The van der Waals surface area contributed by atoms with Crippen molar-refractivity contribution in [3.05, 3.63) is 95.1 Å². The van der Waals surface area contributed by atoms with Crippen LogP contribution in [0.4, 0.5) is 0 Å². The van der Waals surface area contributed by atoms with E-state index in [1.54, 1.807) is 48.5 Å². The van der Waals surface area contributed by atoms with E-state index in [-0.39, 0.29) is 26.4 Å². The van der Waals surface area contributed by atoms with Crippen molar-refractivity contribution in [1.82, 2.24) is 0 Å². The van der Waals surface area contributed by atoms with E-state index in [2.05, 4.69) is 23.7 Å². The van der Waals surface area contributed by atoms with Crippen LogP contribution >= 0.6 is 0 Å². The molecule has 1 aliphatic heterocycles. The van der Waals surface area contributed by atoms with Gasteiger partial charge in [-0.15, -0.1) is 0 Å². The molecule has 4 rings (SSSR count). The summed E-state index contributed by atoms with van der Waals surface area (Å²) in [6.07, 6.45) is 0. The van der Waals surface area contributed by atoms with Crippen molar-refractivity contribution in [3.8, 4) is 35.2 Å². The van der Waals surface area contributed by atoms with Gasteiger partial charge in [-0.05, 0) is 59.1 Å². The zero-order valence-corrected chi connectivity index (χ0v) is 18.2. The van der Waals surface area contributed by atoms with Crippen LogP contribution in [0.1, 0.15) is 31.8 Å². The summed E-state index contributed by atoms with van der Waals surface area (Å²) in [4.78, 5) is 25.0. The third-order valence-corrected chi connectivity index (χ3v) is 4.89. The summed E-state index contributed by atoms with van der Waals surface area (Å²) >= 11 is 0. The largest absolute Gasteiger partial charge is 0.488 e. The highest BCUT2D eigenvalue weighted by Crippen LogP contribution is 2.24. The van der Waals surface area contributed by atoms with E-state index in [0.717, 1.165) is 11.1 Å². The van der Waals surface area contributed by atoms with E-state index < -0.39 is 11.9 Å². The third-order valence-electron chi connectivity index (χ3n) is 4.89. The Hall–Kier alpha value is -4.68. The first kappa shape index (κ1) is 22.5. The Morgan fingerprint density at radius 2 is 0.941 bits per heavy atom. The number of rotatable bonds is 0. The molecule has 6 heteroatoms. The van der Waals surface area contributed by atoms with E-state index >= 15 is 0 Å². The highest BCUT2D eigenvalue weighted by Gasteiger charge is 2.16. The second-order valence-electron chi connectivity index (χ2n) is 7.09. The lowest BCUT2D eigenvalue weighted by Crippen LogP contribution is -2.10. The monoisotopic (exact) mass is 452 g/mol. The van der Waals surface area contributed by atoms with Gasteiger partial charge in [0.05, 0.1) is 0 Å². The Kier molecular flexibility index (Phi) is 7.46. The summed E-state index contributed by atoms with van der Waals surface area (Å²) < 4.78 is 22.3. The molecule has 0 N–H and O–H groups in total. The SMILES string of the molecule is O=C1OCC#CC#CCOC(=O)c2ccccc2OCc2ccccc2COc2ccccc21. The molecular formula is C28H20O6. The molecule has 0 bridgehead atoms. The summed E-state index contributed by atoms with van der Waals surface area (Å²) in [6, 6.07) is 21.4. The molecule has 0 saturated carbocycles. The van der Waals surface area contributed by atoms with Gasteiger partial charge in [-0.2, -0.15) is 0 Å². The van der Waals surface area contributed by atoms with Crippen LogP contribution in [0.5, 0.6) is 11.5 Å². The van der Waals surface area contributed by atoms with Crippen molar-refractivity contribution in [2.75, 3.05) is 13.2 Å². The molecule has 3 aromatic carbocycles. The normalized spacial score (nSPS) is 13.9. The fraction of sp³-hybridized carbons (Fsp3) is 0.143. The maximum absolute atomic E-state index is 12.5. The average Bonchev–Trinajstić information content (AvgIpc) is 2.87. The van der Waals surface area contributed by atoms with Crippen molar-refractivity contribution < 1.29 is 28.5 Å². The van der Waals surface area contributed by atoms with E-state index in [1.165, 1.54) is 0 Å². The Bertz CT molecular complexity index is 1220. The highest BCUT2D eigenvalue weighted by molar-refractivity contribution is 5.93. The molecule has 6 nitrogen and oxygen atoms in total. The van der Waals surface area contributed by atoms with Crippen LogP contribution < -0.4 is 9.47 Å². The lowest BCUT2D eigenvalue weighted by Gasteiger charge is -2.15. The number of carbonyl (C=O) groups is 2. The van der Waals surface area contributed by atoms with E-state index in [0.29, 0.717) is 22.6 Å². The lowest BCUT2D eigenvalue weighted by atomic mass is 10.1. The maximum Gasteiger partial charge on any atom is 0.342 e. The van der Waals surface area contributed by atoms with Crippen molar-refractivity contribution >= 4 is 11.9 Å². The second-order valence-corrected chi connectivity index (χ2v) is 7.09. The van der Waals surface area contributed by atoms with Crippen molar-refractivity contribution in [1.29, 1.82) is 0 Å². The van der Waals surface area contributed by atoms with Crippen molar-refractivity contribution in [3.63, 3.8) is 0 Å². The van der Waals surface area contributed by atoms with Crippen molar-refractivity contribution in [2.45, 2.75) is 13.2 Å². The number of hydrogen-bond acceptors (Lipinski definition) is 6. The van der Waals surface area contributed by atoms with E-state index in [1.807, 2.05) is 24.3 Å². The van der Waals surface area contributed by atoms with Gasteiger partial charge >= 0.3 is 11.9 Å². The smallest absolute Gasteiger partial charge is 0.342 e. The second kappa shape index (κ2) is 11.3. The minimum atomic E-state index is -0.547. The first-order valence-corrected chi connectivity index (χ1v) is 10.5. The van der Waals surface area contributed by atoms with Gasteiger partial charge in [0.15, 0.2) is 13.2 Å². The fourth-order valence-electron chi connectivity index (χ4n) is 3.19. The summed E-state index contributed by atoms with van der Waals surface area (Å²) in [5.41, 5.74) is 2.36. The highest BCUT2D eigenvalue weighted by atomic mass is 16.5. The van der Waals surface area contributed by atoms with Crippen LogP contribution in [0, 0.1) is 23.7 Å². The quantitative estimate of drug-likeness (QED) is 0.377. The lowest BCUT2D eigenvalue weighted by molar-refractivity contribution is 0.0541. The molecule has 1 aliphatic rings. The maximum atomic E-state index is 12.5. The molecule has 0 aromatic heterocycles. The summed E-state index contributed by atoms with van der Waals surface area (Å²) in [7, 11) is 0. The molecule has 0 radical (unpaired) electrons. The van der Waals surface area contributed by atoms with Crippen LogP contribution in [-0.2, 0) is 22.7 Å². The molecule has 168 valence electrons. The van der Waals surface area contributed by atoms with Crippen molar-refractivity contribution in [2.24, 2.45) is 0 Å². The first-order valence-electron chi connectivity index (χ1n) is 10.5. The third kappa shape index (κ3) is 5.76. The molecule has 0 amide bonds. The Morgan fingerprint density at radius 3 is 1.41 bits per heavy atom. The molecule has 0 fully saturated rings.